The van der Waals surface area contributed by atoms with E-state index in [-0.39, 0.29) is 6.54 Å². The number of carboxylic acids is 1. The number of nitrogens with one attached hydrogen (secondary N) is 2. The second-order valence-corrected chi connectivity index (χ2v) is 3.17. The third kappa shape index (κ3) is 5.57. The van der Waals surface area contributed by atoms with Crippen molar-refractivity contribution in [2.75, 3.05) is 6.54 Å². The molecule has 5 nitrogen and oxygen atoms in total. The molecule has 0 aromatic carbocycles. The minimum absolute atomic E-state index is 0.260. The minimum atomic E-state index is -0.934. The zero-order valence-corrected chi connectivity index (χ0v) is 9.13. The first-order valence-corrected chi connectivity index (χ1v) is 4.65. The Kier molecular flexibility index (Phi) is 5.95. The number of amides is 2. The van der Waals surface area contributed by atoms with E-state index in [0.717, 1.165) is 0 Å². The first-order valence-electron chi connectivity index (χ1n) is 4.65. The second kappa shape index (κ2) is 6.71. The van der Waals surface area contributed by atoms with E-state index in [0.29, 0.717) is 0 Å². The zero-order chi connectivity index (χ0) is 11.8. The van der Waals surface area contributed by atoms with E-state index < -0.39 is 24.0 Å². The van der Waals surface area contributed by atoms with Crippen LogP contribution in [0.4, 0.5) is 4.79 Å². The Morgan fingerprint density at radius 1 is 1.40 bits per heavy atom. The highest BCUT2D eigenvalue weighted by Gasteiger charge is 2.20. The SMILES string of the molecule is CC#CCNC(=O)NC(C)C(C)C(=O)O. The van der Waals surface area contributed by atoms with Crippen LogP contribution < -0.4 is 10.6 Å². The van der Waals surface area contributed by atoms with Crippen LogP contribution in [-0.4, -0.2) is 29.7 Å². The van der Waals surface area contributed by atoms with Crippen LogP contribution >= 0.6 is 0 Å². The molecule has 2 unspecified atom stereocenters. The molecule has 0 radical (unpaired) electrons. The Morgan fingerprint density at radius 2 is 2.00 bits per heavy atom. The van der Waals surface area contributed by atoms with Gasteiger partial charge in [-0.25, -0.2) is 4.79 Å². The molecule has 2 amide bonds. The number of carbonyl (C=O) groups is 2. The summed E-state index contributed by atoms with van der Waals surface area (Å²) < 4.78 is 0. The van der Waals surface area contributed by atoms with Crippen LogP contribution in [0.25, 0.3) is 0 Å². The van der Waals surface area contributed by atoms with Crippen LogP contribution in [0.3, 0.4) is 0 Å². The average molecular weight is 212 g/mol. The molecule has 0 bridgehead atoms. The molecule has 0 aliphatic carbocycles. The molecular formula is C10H16N2O3. The van der Waals surface area contributed by atoms with Gasteiger partial charge in [0, 0.05) is 6.04 Å². The number of aliphatic carboxylic acids is 1. The van der Waals surface area contributed by atoms with E-state index in [4.69, 9.17) is 5.11 Å². The van der Waals surface area contributed by atoms with Crippen LogP contribution in [0, 0.1) is 17.8 Å². The topological polar surface area (TPSA) is 78.4 Å². The van der Waals surface area contributed by atoms with Gasteiger partial charge in [0.15, 0.2) is 0 Å². The summed E-state index contributed by atoms with van der Waals surface area (Å²) >= 11 is 0. The van der Waals surface area contributed by atoms with Crippen molar-refractivity contribution in [2.45, 2.75) is 26.8 Å². The molecule has 0 rings (SSSR count). The van der Waals surface area contributed by atoms with Gasteiger partial charge in [0.25, 0.3) is 0 Å². The van der Waals surface area contributed by atoms with Crippen LogP contribution in [0.5, 0.6) is 0 Å². The summed E-state index contributed by atoms with van der Waals surface area (Å²) in [5.74, 6) is 3.75. The third-order valence-electron chi connectivity index (χ3n) is 2.01. The zero-order valence-electron chi connectivity index (χ0n) is 9.13. The highest BCUT2D eigenvalue weighted by Crippen LogP contribution is 2.01. The fraction of sp³-hybridized carbons (Fsp3) is 0.600. The molecule has 0 aliphatic rings. The predicted octanol–water partition coefficient (Wildman–Crippen LogP) is 0.418. The van der Waals surface area contributed by atoms with Crippen molar-refractivity contribution in [1.29, 1.82) is 0 Å². The first kappa shape index (κ1) is 13.3. The summed E-state index contributed by atoms with van der Waals surface area (Å²) in [4.78, 5) is 21.8. The second-order valence-electron chi connectivity index (χ2n) is 3.17. The fourth-order valence-electron chi connectivity index (χ4n) is 0.810. The smallest absolute Gasteiger partial charge is 0.315 e. The Morgan fingerprint density at radius 3 is 2.47 bits per heavy atom. The monoisotopic (exact) mass is 212 g/mol. The molecule has 0 aliphatic heterocycles. The maximum absolute atomic E-state index is 11.2. The third-order valence-corrected chi connectivity index (χ3v) is 2.01. The number of rotatable bonds is 4. The Hall–Kier alpha value is -1.70. The van der Waals surface area contributed by atoms with Gasteiger partial charge in [-0.2, -0.15) is 0 Å². The molecule has 0 aromatic heterocycles. The van der Waals surface area contributed by atoms with E-state index in [1.165, 1.54) is 0 Å². The highest BCUT2D eigenvalue weighted by atomic mass is 16.4. The average Bonchev–Trinajstić information content (AvgIpc) is 2.16. The van der Waals surface area contributed by atoms with E-state index in [1.807, 2.05) is 0 Å². The van der Waals surface area contributed by atoms with Gasteiger partial charge in [-0.05, 0) is 20.8 Å². The Balaban J connectivity index is 3.94. The maximum Gasteiger partial charge on any atom is 0.315 e. The van der Waals surface area contributed by atoms with Crippen LogP contribution in [0.15, 0.2) is 0 Å². The summed E-state index contributed by atoms with van der Waals surface area (Å²) in [6.45, 7) is 5.12. The molecular weight excluding hydrogens is 196 g/mol. The van der Waals surface area contributed by atoms with Crippen LogP contribution in [0.1, 0.15) is 20.8 Å². The fourth-order valence-corrected chi connectivity index (χ4v) is 0.810. The van der Waals surface area contributed by atoms with Gasteiger partial charge in [-0.1, -0.05) is 5.92 Å². The summed E-state index contributed by atoms with van der Waals surface area (Å²) in [6.07, 6.45) is 0. The van der Waals surface area contributed by atoms with Gasteiger partial charge in [0.1, 0.15) is 0 Å². The molecule has 5 heteroatoms. The molecule has 2 atom stereocenters. The number of carboxylic acid groups (broad SMARTS) is 1. The van der Waals surface area contributed by atoms with Gasteiger partial charge in [0.05, 0.1) is 12.5 Å². The molecule has 3 N–H and O–H groups in total. The lowest BCUT2D eigenvalue weighted by molar-refractivity contribution is -0.141. The van der Waals surface area contributed by atoms with Gasteiger partial charge >= 0.3 is 12.0 Å². The molecule has 0 heterocycles. The van der Waals surface area contributed by atoms with Crippen LogP contribution in [0.2, 0.25) is 0 Å². The molecule has 15 heavy (non-hydrogen) atoms. The van der Waals surface area contributed by atoms with Crippen molar-refractivity contribution in [1.82, 2.24) is 10.6 Å². The minimum Gasteiger partial charge on any atom is -0.481 e. The molecule has 0 fully saturated rings. The lowest BCUT2D eigenvalue weighted by Gasteiger charge is -2.17. The lowest BCUT2D eigenvalue weighted by atomic mass is 10.0. The predicted molar refractivity (Wildman–Crippen MR) is 56.2 cm³/mol. The van der Waals surface area contributed by atoms with Crippen molar-refractivity contribution < 1.29 is 14.7 Å². The van der Waals surface area contributed by atoms with Crippen molar-refractivity contribution in [3.63, 3.8) is 0 Å². The lowest BCUT2D eigenvalue weighted by Crippen LogP contribution is -2.45. The number of hydrogen-bond acceptors (Lipinski definition) is 2. The normalized spacial score (nSPS) is 13.0. The molecule has 0 aromatic rings. The standard InChI is InChI=1S/C10H16N2O3/c1-4-5-6-11-10(15)12-8(3)7(2)9(13)14/h7-8H,6H2,1-3H3,(H,13,14)(H2,11,12,15). The van der Waals surface area contributed by atoms with Gasteiger partial charge in [0.2, 0.25) is 0 Å². The summed E-state index contributed by atoms with van der Waals surface area (Å²) in [6, 6.07) is -0.824. The molecule has 0 saturated carbocycles. The van der Waals surface area contributed by atoms with E-state index in [2.05, 4.69) is 22.5 Å². The van der Waals surface area contributed by atoms with E-state index in [1.54, 1.807) is 20.8 Å². The van der Waals surface area contributed by atoms with Gasteiger partial charge in [-0.15, -0.1) is 5.92 Å². The van der Waals surface area contributed by atoms with Crippen molar-refractivity contribution in [3.8, 4) is 11.8 Å². The molecule has 0 saturated heterocycles. The van der Waals surface area contributed by atoms with Crippen molar-refractivity contribution in [2.24, 2.45) is 5.92 Å². The Labute approximate surface area is 89.2 Å². The largest absolute Gasteiger partial charge is 0.481 e. The van der Waals surface area contributed by atoms with E-state index >= 15 is 0 Å². The molecule has 84 valence electrons. The van der Waals surface area contributed by atoms with Crippen molar-refractivity contribution in [3.05, 3.63) is 0 Å². The number of carbonyl (C=O) groups excluding carboxylic acids is 1. The quantitative estimate of drug-likeness (QED) is 0.591. The Bertz CT molecular complexity index is 291. The first-order chi connectivity index (χ1) is 6.99. The maximum atomic E-state index is 11.2. The van der Waals surface area contributed by atoms with Gasteiger partial charge in [-0.3, -0.25) is 4.79 Å². The summed E-state index contributed by atoms with van der Waals surface area (Å²) in [7, 11) is 0. The van der Waals surface area contributed by atoms with Crippen LogP contribution in [-0.2, 0) is 4.79 Å². The van der Waals surface area contributed by atoms with Gasteiger partial charge < -0.3 is 15.7 Å². The number of hydrogen-bond donors (Lipinski definition) is 3. The molecule has 0 spiro atoms. The summed E-state index contributed by atoms with van der Waals surface area (Å²) in [5.41, 5.74) is 0. The summed E-state index contributed by atoms with van der Waals surface area (Å²) in [5, 5.41) is 13.7. The highest BCUT2D eigenvalue weighted by molar-refractivity contribution is 5.76. The van der Waals surface area contributed by atoms with E-state index in [9.17, 15) is 9.59 Å². The number of urea groups is 1. The van der Waals surface area contributed by atoms with Crippen molar-refractivity contribution >= 4 is 12.0 Å².